The van der Waals surface area contributed by atoms with Crippen molar-refractivity contribution in [3.63, 3.8) is 0 Å². The third-order valence-corrected chi connectivity index (χ3v) is 5.21. The number of benzene rings is 2. The molecule has 1 heterocycles. The van der Waals surface area contributed by atoms with Crippen molar-refractivity contribution >= 4 is 38.0 Å². The lowest BCUT2D eigenvalue weighted by atomic mass is 9.85. The molecule has 2 aromatic carbocycles. The molecule has 0 amide bonds. The first-order valence-electron chi connectivity index (χ1n) is 7.58. The van der Waals surface area contributed by atoms with Gasteiger partial charge in [0.05, 0.1) is 15.8 Å². The van der Waals surface area contributed by atoms with Gasteiger partial charge in [-0.25, -0.2) is 4.98 Å². The van der Waals surface area contributed by atoms with Crippen LogP contribution in [0.5, 0.6) is 0 Å². The molecule has 0 saturated carbocycles. The maximum atomic E-state index is 13.0. The Labute approximate surface area is 149 Å². The zero-order chi connectivity index (χ0) is 18.6. The van der Waals surface area contributed by atoms with Gasteiger partial charge in [0.25, 0.3) is 0 Å². The molecule has 0 unspecified atom stereocenters. The first-order valence-corrected chi connectivity index (χ1v) is 8.39. The Morgan fingerprint density at radius 2 is 1.96 bits per heavy atom. The monoisotopic (exact) mass is 376 g/mol. The van der Waals surface area contributed by atoms with Gasteiger partial charge in [0.15, 0.2) is 10.9 Å². The number of ketones is 1. The van der Waals surface area contributed by atoms with Crippen LogP contribution in [0.25, 0.3) is 15.8 Å². The number of hydrogen-bond donors (Lipinski definition) is 2. The van der Waals surface area contributed by atoms with Gasteiger partial charge in [0.2, 0.25) is 5.78 Å². The van der Waals surface area contributed by atoms with Gasteiger partial charge in [0, 0.05) is 17.6 Å². The Bertz CT molecular complexity index is 1100. The highest BCUT2D eigenvalue weighted by Gasteiger charge is 2.33. The van der Waals surface area contributed by atoms with Gasteiger partial charge in [-0.3, -0.25) is 4.79 Å². The fourth-order valence-electron chi connectivity index (χ4n) is 3.10. The molecule has 0 fully saturated rings. The van der Waals surface area contributed by atoms with Crippen molar-refractivity contribution in [3.8, 4) is 0 Å². The average molecular weight is 376 g/mol. The largest absolute Gasteiger partial charge is 0.504 e. The number of nitrogen functional groups attached to an aromatic ring is 1. The molecule has 132 valence electrons. The van der Waals surface area contributed by atoms with E-state index in [1.165, 1.54) is 12.1 Å². The summed E-state index contributed by atoms with van der Waals surface area (Å²) in [4.78, 5) is 16.8. The number of carbonyl (C=O) groups is 1. The van der Waals surface area contributed by atoms with E-state index in [-0.39, 0.29) is 17.6 Å². The maximum absolute atomic E-state index is 13.0. The second kappa shape index (κ2) is 5.57. The number of hydrogen-bond acceptors (Lipinski definition) is 5. The molecule has 3 aromatic rings. The van der Waals surface area contributed by atoms with Gasteiger partial charge in [-0.05, 0) is 29.3 Å². The summed E-state index contributed by atoms with van der Waals surface area (Å²) >= 11 is 1.14. The van der Waals surface area contributed by atoms with E-state index in [1.54, 1.807) is 12.1 Å². The van der Waals surface area contributed by atoms with Crippen LogP contribution in [0.4, 0.5) is 18.3 Å². The number of aliphatic hydroxyl groups is 1. The smallest absolute Gasteiger partial charge is 0.416 e. The fraction of sp³-hybridized carbons (Fsp3) is 0.111. The van der Waals surface area contributed by atoms with Crippen LogP contribution >= 0.6 is 11.3 Å². The lowest BCUT2D eigenvalue weighted by Crippen LogP contribution is -2.16. The van der Waals surface area contributed by atoms with E-state index >= 15 is 0 Å². The van der Waals surface area contributed by atoms with Crippen molar-refractivity contribution in [2.45, 2.75) is 12.6 Å². The maximum Gasteiger partial charge on any atom is 0.416 e. The Morgan fingerprint density at radius 1 is 1.19 bits per heavy atom. The van der Waals surface area contributed by atoms with Gasteiger partial charge >= 0.3 is 6.18 Å². The van der Waals surface area contributed by atoms with Crippen LogP contribution in [0.2, 0.25) is 0 Å². The van der Waals surface area contributed by atoms with Crippen molar-refractivity contribution in [1.29, 1.82) is 0 Å². The number of rotatable bonds is 1. The summed E-state index contributed by atoms with van der Waals surface area (Å²) in [6.07, 6.45) is -4.36. The third-order valence-electron chi connectivity index (χ3n) is 4.29. The zero-order valence-electron chi connectivity index (χ0n) is 13.1. The molecule has 4 rings (SSSR count). The Kier molecular flexibility index (Phi) is 3.55. The number of aromatic nitrogens is 1. The topological polar surface area (TPSA) is 76.2 Å². The zero-order valence-corrected chi connectivity index (χ0v) is 13.9. The quantitative estimate of drug-likeness (QED) is 0.651. The summed E-state index contributed by atoms with van der Waals surface area (Å²) < 4.78 is 39.5. The number of nitrogens with two attached hydrogens (primary N) is 1. The third kappa shape index (κ3) is 2.53. The summed E-state index contributed by atoms with van der Waals surface area (Å²) in [5.74, 6) is -1.18. The molecule has 1 aromatic heterocycles. The highest BCUT2D eigenvalue weighted by atomic mass is 32.1. The highest BCUT2D eigenvalue weighted by Crippen LogP contribution is 2.39. The number of Topliss-reactive ketones (excluding diaryl/α,β-unsaturated/α-hetero) is 1. The molecule has 26 heavy (non-hydrogen) atoms. The predicted molar refractivity (Wildman–Crippen MR) is 93.1 cm³/mol. The van der Waals surface area contributed by atoms with Crippen LogP contribution < -0.4 is 5.73 Å². The van der Waals surface area contributed by atoms with E-state index < -0.39 is 23.3 Å². The first kappa shape index (κ1) is 16.6. The van der Waals surface area contributed by atoms with Crippen LogP contribution in [0.1, 0.15) is 27.0 Å². The molecule has 0 saturated heterocycles. The lowest BCUT2D eigenvalue weighted by Gasteiger charge is -2.20. The van der Waals surface area contributed by atoms with Gasteiger partial charge in [-0.2, -0.15) is 13.2 Å². The molecule has 3 N–H and O–H groups in total. The Balaban J connectivity index is 1.86. The molecule has 0 spiro atoms. The van der Waals surface area contributed by atoms with E-state index in [0.29, 0.717) is 26.5 Å². The number of halogens is 3. The molecule has 0 atom stereocenters. The van der Waals surface area contributed by atoms with Crippen molar-refractivity contribution in [2.24, 2.45) is 0 Å². The Hall–Kier alpha value is -2.87. The first-order chi connectivity index (χ1) is 12.3. The lowest BCUT2D eigenvalue weighted by molar-refractivity contribution is -0.137. The second-order valence-corrected chi connectivity index (χ2v) is 6.94. The molecule has 4 nitrogen and oxygen atoms in total. The molecule has 1 aliphatic carbocycles. The molecular weight excluding hydrogens is 365 g/mol. The van der Waals surface area contributed by atoms with Crippen molar-refractivity contribution in [1.82, 2.24) is 4.98 Å². The minimum Gasteiger partial charge on any atom is -0.504 e. The second-order valence-electron chi connectivity index (χ2n) is 5.91. The molecular formula is C18H11F3N2O2S. The van der Waals surface area contributed by atoms with E-state index in [2.05, 4.69) is 4.98 Å². The summed E-state index contributed by atoms with van der Waals surface area (Å²) in [7, 11) is 0. The number of carbonyl (C=O) groups excluding carboxylic acids is 1. The summed E-state index contributed by atoms with van der Waals surface area (Å²) in [5.41, 5.74) is 6.68. The van der Waals surface area contributed by atoms with Gasteiger partial charge in [-0.15, -0.1) is 0 Å². The minimum absolute atomic E-state index is 0.141. The fourth-order valence-corrected chi connectivity index (χ4v) is 4.00. The summed E-state index contributed by atoms with van der Waals surface area (Å²) in [6.45, 7) is 0. The standard InChI is InChI=1S/C18H11F3N2O2S/c19-18(20,21)10-3-1-2-8(6-10)11-7-9-4-5-12-16(26-17(22)23-12)13(9)15(25)14(11)24/h1-6,24H,7H2,(H2,22,23). The van der Waals surface area contributed by atoms with E-state index in [4.69, 9.17) is 5.73 Å². The van der Waals surface area contributed by atoms with Gasteiger partial charge in [-0.1, -0.05) is 29.5 Å². The minimum atomic E-state index is -4.50. The molecule has 0 bridgehead atoms. The van der Waals surface area contributed by atoms with Crippen LogP contribution in [0, 0.1) is 0 Å². The van der Waals surface area contributed by atoms with E-state index in [9.17, 15) is 23.1 Å². The Morgan fingerprint density at radius 3 is 2.69 bits per heavy atom. The number of alkyl halides is 3. The number of allylic oxidation sites excluding steroid dienone is 2. The number of anilines is 1. The van der Waals surface area contributed by atoms with Crippen LogP contribution in [0.3, 0.4) is 0 Å². The van der Waals surface area contributed by atoms with Crippen molar-refractivity contribution in [2.75, 3.05) is 5.73 Å². The normalized spacial score (nSPS) is 14.8. The number of aliphatic hydroxyl groups excluding tert-OH is 1. The summed E-state index contributed by atoms with van der Waals surface area (Å²) in [6, 6.07) is 7.99. The SMILES string of the molecule is Nc1nc2ccc3c(c2s1)C(=O)C(O)=C(c1cccc(C(F)(F)F)c1)C3. The van der Waals surface area contributed by atoms with E-state index in [0.717, 1.165) is 23.5 Å². The van der Waals surface area contributed by atoms with Gasteiger partial charge < -0.3 is 10.8 Å². The highest BCUT2D eigenvalue weighted by molar-refractivity contribution is 7.22. The molecule has 1 aliphatic rings. The number of thiazole rings is 1. The molecule has 8 heteroatoms. The predicted octanol–water partition coefficient (Wildman–Crippen LogP) is 4.61. The van der Waals surface area contributed by atoms with Crippen molar-refractivity contribution in [3.05, 3.63) is 64.4 Å². The van der Waals surface area contributed by atoms with Crippen LogP contribution in [-0.2, 0) is 12.6 Å². The molecule has 0 aliphatic heterocycles. The van der Waals surface area contributed by atoms with Crippen LogP contribution in [0.15, 0.2) is 42.2 Å². The van der Waals surface area contributed by atoms with E-state index in [1.807, 2.05) is 0 Å². The number of nitrogens with zero attached hydrogens (tertiary/aromatic N) is 1. The average Bonchev–Trinajstić information content (AvgIpc) is 2.97. The van der Waals surface area contributed by atoms with Crippen LogP contribution in [-0.4, -0.2) is 15.9 Å². The van der Waals surface area contributed by atoms with Crippen molar-refractivity contribution < 1.29 is 23.1 Å². The van der Waals surface area contributed by atoms with Gasteiger partial charge in [0.1, 0.15) is 0 Å². The summed E-state index contributed by atoms with van der Waals surface area (Å²) in [5, 5.41) is 10.7. The number of fused-ring (bicyclic) bond motifs is 3. The molecule has 0 radical (unpaired) electrons.